The quantitative estimate of drug-likeness (QED) is 0.437. The minimum atomic E-state index is -0.0586. The van der Waals surface area contributed by atoms with Gasteiger partial charge in [-0.3, -0.25) is 9.36 Å². The molecule has 4 aromatic rings. The third-order valence-electron chi connectivity index (χ3n) is 5.68. The van der Waals surface area contributed by atoms with Gasteiger partial charge in [0.05, 0.1) is 30.3 Å². The van der Waals surface area contributed by atoms with Crippen molar-refractivity contribution in [3.8, 4) is 5.75 Å². The van der Waals surface area contributed by atoms with Crippen molar-refractivity contribution >= 4 is 16.7 Å². The zero-order valence-corrected chi connectivity index (χ0v) is 19.5. The predicted octanol–water partition coefficient (Wildman–Crippen LogP) is 4.29. The monoisotopic (exact) mass is 443 g/mol. The van der Waals surface area contributed by atoms with Crippen LogP contribution in [0.5, 0.6) is 5.75 Å². The molecule has 1 atom stereocenters. The van der Waals surface area contributed by atoms with Gasteiger partial charge in [-0.2, -0.15) is 0 Å². The standard InChI is InChI=1S/C26H29N5O2/c1-17(9-10-20-11-13-22(33-4)14-12-20)27-25-15-21(28-18(2)29-25)16-31-19(3)30-24-8-6-5-7-23(24)26(31)32/h5-8,11-15,17H,9-10,16H2,1-4H3,(H,27,28,29). The Kier molecular flexibility index (Phi) is 6.68. The van der Waals surface area contributed by atoms with Gasteiger partial charge < -0.3 is 10.1 Å². The van der Waals surface area contributed by atoms with Crippen molar-refractivity contribution < 1.29 is 4.74 Å². The van der Waals surface area contributed by atoms with Crippen molar-refractivity contribution in [3.05, 3.63) is 87.9 Å². The molecule has 0 aliphatic heterocycles. The molecular weight excluding hydrogens is 414 g/mol. The largest absolute Gasteiger partial charge is 0.497 e. The van der Waals surface area contributed by atoms with Gasteiger partial charge in [-0.25, -0.2) is 15.0 Å². The van der Waals surface area contributed by atoms with Crippen LogP contribution in [0.2, 0.25) is 0 Å². The average molecular weight is 444 g/mol. The van der Waals surface area contributed by atoms with E-state index < -0.39 is 0 Å². The molecule has 2 aromatic carbocycles. The van der Waals surface area contributed by atoms with Gasteiger partial charge in [0.1, 0.15) is 23.2 Å². The lowest BCUT2D eigenvalue weighted by Crippen LogP contribution is -2.25. The minimum Gasteiger partial charge on any atom is -0.497 e. The van der Waals surface area contributed by atoms with Crippen LogP contribution in [0.25, 0.3) is 10.9 Å². The van der Waals surface area contributed by atoms with Crippen LogP contribution in [-0.2, 0) is 13.0 Å². The maximum absolute atomic E-state index is 13.0. The summed E-state index contributed by atoms with van der Waals surface area (Å²) in [6.07, 6.45) is 1.91. The number of para-hydroxylation sites is 1. The highest BCUT2D eigenvalue weighted by atomic mass is 16.5. The number of nitrogens with one attached hydrogen (secondary N) is 1. The molecule has 0 amide bonds. The molecule has 7 heteroatoms. The topological polar surface area (TPSA) is 81.9 Å². The Hall–Kier alpha value is -3.74. The number of methoxy groups -OCH3 is 1. The van der Waals surface area contributed by atoms with Gasteiger partial charge in [0.15, 0.2) is 0 Å². The SMILES string of the molecule is COc1ccc(CCC(C)Nc2cc(Cn3c(C)nc4ccccc4c3=O)nc(C)n2)cc1. The number of aryl methyl sites for hydroxylation is 3. The Morgan fingerprint density at radius 3 is 2.55 bits per heavy atom. The van der Waals surface area contributed by atoms with Crippen LogP contribution >= 0.6 is 0 Å². The molecule has 1 unspecified atom stereocenters. The van der Waals surface area contributed by atoms with Crippen LogP contribution in [0, 0.1) is 13.8 Å². The van der Waals surface area contributed by atoms with Gasteiger partial charge >= 0.3 is 0 Å². The Morgan fingerprint density at radius 1 is 1.03 bits per heavy atom. The minimum absolute atomic E-state index is 0.0586. The molecule has 1 N–H and O–H groups in total. The summed E-state index contributed by atoms with van der Waals surface area (Å²) < 4.78 is 6.89. The van der Waals surface area contributed by atoms with E-state index in [1.54, 1.807) is 11.7 Å². The molecule has 0 radical (unpaired) electrons. The van der Waals surface area contributed by atoms with Crippen molar-refractivity contribution in [2.24, 2.45) is 0 Å². The molecule has 0 aliphatic carbocycles. The Morgan fingerprint density at radius 2 is 1.79 bits per heavy atom. The number of nitrogens with zero attached hydrogens (tertiary/aromatic N) is 4. The third-order valence-corrected chi connectivity index (χ3v) is 5.68. The summed E-state index contributed by atoms with van der Waals surface area (Å²) in [6.45, 7) is 6.20. The zero-order valence-electron chi connectivity index (χ0n) is 19.5. The number of anilines is 1. The van der Waals surface area contributed by atoms with Crippen molar-refractivity contribution in [3.63, 3.8) is 0 Å². The van der Waals surface area contributed by atoms with Gasteiger partial charge in [-0.05, 0) is 63.4 Å². The second-order valence-electron chi connectivity index (χ2n) is 8.29. The summed E-state index contributed by atoms with van der Waals surface area (Å²) in [4.78, 5) is 26.7. The number of fused-ring (bicyclic) bond motifs is 1. The van der Waals surface area contributed by atoms with E-state index in [1.165, 1.54) is 5.56 Å². The fourth-order valence-corrected chi connectivity index (χ4v) is 3.91. The Bertz CT molecular complexity index is 1310. The van der Waals surface area contributed by atoms with Gasteiger partial charge in [0.25, 0.3) is 5.56 Å². The van der Waals surface area contributed by atoms with E-state index in [9.17, 15) is 4.79 Å². The number of benzene rings is 2. The molecule has 2 heterocycles. The van der Waals surface area contributed by atoms with Crippen LogP contribution in [-0.4, -0.2) is 32.7 Å². The number of ether oxygens (including phenoxy) is 1. The Labute approximate surface area is 193 Å². The summed E-state index contributed by atoms with van der Waals surface area (Å²) >= 11 is 0. The number of hydrogen-bond donors (Lipinski definition) is 1. The highest BCUT2D eigenvalue weighted by molar-refractivity contribution is 5.77. The van der Waals surface area contributed by atoms with E-state index in [0.29, 0.717) is 29.1 Å². The molecular formula is C26H29N5O2. The van der Waals surface area contributed by atoms with E-state index in [4.69, 9.17) is 4.74 Å². The van der Waals surface area contributed by atoms with Gasteiger partial charge in [0.2, 0.25) is 0 Å². The van der Waals surface area contributed by atoms with Crippen molar-refractivity contribution in [2.45, 2.75) is 46.2 Å². The first kappa shape index (κ1) is 22.5. The maximum Gasteiger partial charge on any atom is 0.261 e. The van der Waals surface area contributed by atoms with Crippen LogP contribution in [0.3, 0.4) is 0 Å². The summed E-state index contributed by atoms with van der Waals surface area (Å²) in [7, 11) is 1.67. The lowest BCUT2D eigenvalue weighted by molar-refractivity contribution is 0.414. The predicted molar refractivity (Wildman–Crippen MR) is 131 cm³/mol. The second-order valence-corrected chi connectivity index (χ2v) is 8.29. The first-order valence-corrected chi connectivity index (χ1v) is 11.1. The van der Waals surface area contributed by atoms with Crippen molar-refractivity contribution in [2.75, 3.05) is 12.4 Å². The first-order valence-electron chi connectivity index (χ1n) is 11.1. The van der Waals surface area contributed by atoms with E-state index in [-0.39, 0.29) is 11.6 Å². The molecule has 0 bridgehead atoms. The molecule has 0 fully saturated rings. The third kappa shape index (κ3) is 5.37. The number of rotatable bonds is 8. The first-order chi connectivity index (χ1) is 15.9. The number of aromatic nitrogens is 4. The molecule has 7 nitrogen and oxygen atoms in total. The van der Waals surface area contributed by atoms with Gasteiger partial charge in [-0.1, -0.05) is 24.3 Å². The fourth-order valence-electron chi connectivity index (χ4n) is 3.91. The second kappa shape index (κ2) is 9.81. The molecule has 0 spiro atoms. The molecule has 33 heavy (non-hydrogen) atoms. The van der Waals surface area contributed by atoms with Crippen LogP contribution in [0.4, 0.5) is 5.82 Å². The normalized spacial score (nSPS) is 12.0. The number of hydrogen-bond acceptors (Lipinski definition) is 6. The van der Waals surface area contributed by atoms with E-state index in [0.717, 1.165) is 30.1 Å². The molecule has 0 saturated carbocycles. The van der Waals surface area contributed by atoms with Gasteiger partial charge in [0, 0.05) is 12.1 Å². The summed E-state index contributed by atoms with van der Waals surface area (Å²) in [5, 5.41) is 4.09. The summed E-state index contributed by atoms with van der Waals surface area (Å²) in [6, 6.07) is 17.7. The highest BCUT2D eigenvalue weighted by Crippen LogP contribution is 2.16. The lowest BCUT2D eigenvalue weighted by Gasteiger charge is -2.16. The summed E-state index contributed by atoms with van der Waals surface area (Å²) in [5.41, 5.74) is 2.69. The lowest BCUT2D eigenvalue weighted by atomic mass is 10.1. The van der Waals surface area contributed by atoms with Crippen LogP contribution < -0.4 is 15.6 Å². The van der Waals surface area contributed by atoms with Crippen molar-refractivity contribution in [1.29, 1.82) is 0 Å². The van der Waals surface area contributed by atoms with E-state index >= 15 is 0 Å². The molecule has 2 aromatic heterocycles. The van der Waals surface area contributed by atoms with E-state index in [2.05, 4.69) is 39.3 Å². The zero-order chi connectivity index (χ0) is 23.4. The van der Waals surface area contributed by atoms with Crippen LogP contribution in [0.15, 0.2) is 59.4 Å². The smallest absolute Gasteiger partial charge is 0.261 e. The molecule has 170 valence electrons. The maximum atomic E-state index is 13.0. The highest BCUT2D eigenvalue weighted by Gasteiger charge is 2.11. The fraction of sp³-hybridized carbons (Fsp3) is 0.308. The summed E-state index contributed by atoms with van der Waals surface area (Å²) in [5.74, 6) is 2.96. The van der Waals surface area contributed by atoms with Crippen LogP contribution in [0.1, 0.15) is 36.3 Å². The van der Waals surface area contributed by atoms with Crippen molar-refractivity contribution in [1.82, 2.24) is 19.5 Å². The Balaban J connectivity index is 1.47. The molecule has 0 saturated heterocycles. The molecule has 4 rings (SSSR count). The average Bonchev–Trinajstić information content (AvgIpc) is 2.80. The molecule has 0 aliphatic rings. The van der Waals surface area contributed by atoms with E-state index in [1.807, 2.05) is 56.3 Å². The van der Waals surface area contributed by atoms with Gasteiger partial charge in [-0.15, -0.1) is 0 Å².